The number of methoxy groups -OCH3 is 2. The summed E-state index contributed by atoms with van der Waals surface area (Å²) in [4.78, 5) is 13.1. The van der Waals surface area contributed by atoms with E-state index in [1.54, 1.807) is 42.5 Å². The normalized spacial score (nSPS) is 11.0. The number of benzene rings is 3. The molecule has 0 heterocycles. The Morgan fingerprint density at radius 1 is 0.938 bits per heavy atom. The highest BCUT2D eigenvalue weighted by molar-refractivity contribution is 7.92. The Balaban J connectivity index is 1.98. The van der Waals surface area contributed by atoms with Crippen LogP contribution >= 0.6 is 0 Å². The third kappa shape index (κ3) is 5.03. The van der Waals surface area contributed by atoms with Crippen molar-refractivity contribution in [2.24, 2.45) is 0 Å². The largest absolute Gasteiger partial charge is 0.497 e. The van der Waals surface area contributed by atoms with E-state index < -0.39 is 22.5 Å². The van der Waals surface area contributed by atoms with Crippen LogP contribution in [0.15, 0.2) is 71.6 Å². The molecule has 7 nitrogen and oxygen atoms in total. The summed E-state index contributed by atoms with van der Waals surface area (Å²) in [6.45, 7) is 3.28. The van der Waals surface area contributed by atoms with Crippen molar-refractivity contribution in [1.82, 2.24) is 0 Å². The molecule has 0 aliphatic heterocycles. The molecule has 0 saturated carbocycles. The van der Waals surface area contributed by atoms with Crippen molar-refractivity contribution in [3.63, 3.8) is 0 Å². The Bertz CT molecular complexity index is 1210. The smallest absolute Gasteiger partial charge is 0.264 e. The maximum absolute atomic E-state index is 13.5. The highest BCUT2D eigenvalue weighted by atomic mass is 32.2. The van der Waals surface area contributed by atoms with E-state index in [2.05, 4.69) is 5.32 Å². The number of hydrogen-bond acceptors (Lipinski definition) is 5. The van der Waals surface area contributed by atoms with E-state index in [0.29, 0.717) is 22.9 Å². The molecule has 0 atom stereocenters. The van der Waals surface area contributed by atoms with Gasteiger partial charge in [0.1, 0.15) is 18.0 Å². The number of carbonyl (C=O) groups is 1. The van der Waals surface area contributed by atoms with E-state index in [9.17, 15) is 13.2 Å². The first-order valence-corrected chi connectivity index (χ1v) is 11.4. The van der Waals surface area contributed by atoms with Crippen molar-refractivity contribution in [3.05, 3.63) is 77.9 Å². The summed E-state index contributed by atoms with van der Waals surface area (Å²) < 4.78 is 38.6. The topological polar surface area (TPSA) is 84.9 Å². The monoisotopic (exact) mass is 454 g/mol. The lowest BCUT2D eigenvalue weighted by Gasteiger charge is -2.26. The van der Waals surface area contributed by atoms with Crippen molar-refractivity contribution in [3.8, 4) is 11.5 Å². The van der Waals surface area contributed by atoms with E-state index >= 15 is 0 Å². The second-order valence-corrected chi connectivity index (χ2v) is 9.09. The summed E-state index contributed by atoms with van der Waals surface area (Å²) in [5.74, 6) is 0.472. The Labute approximate surface area is 188 Å². The van der Waals surface area contributed by atoms with Crippen molar-refractivity contribution < 1.29 is 22.7 Å². The Morgan fingerprint density at radius 3 is 2.31 bits per heavy atom. The molecule has 0 spiro atoms. The number of amides is 1. The maximum Gasteiger partial charge on any atom is 0.264 e. The number of nitrogens with one attached hydrogen (secondary N) is 1. The first-order chi connectivity index (χ1) is 15.3. The van der Waals surface area contributed by atoms with Crippen LogP contribution in [0.3, 0.4) is 0 Å². The van der Waals surface area contributed by atoms with E-state index in [1.165, 1.54) is 26.4 Å². The van der Waals surface area contributed by atoms with Gasteiger partial charge in [-0.1, -0.05) is 30.3 Å². The van der Waals surface area contributed by atoms with Crippen molar-refractivity contribution in [2.75, 3.05) is 30.4 Å². The summed E-state index contributed by atoms with van der Waals surface area (Å²) in [7, 11) is -0.976. The minimum absolute atomic E-state index is 0.107. The number of carbonyl (C=O) groups excluding carboxylic acids is 1. The molecule has 0 aromatic heterocycles. The number of aryl methyl sites for hydroxylation is 2. The molecule has 1 amide bonds. The summed E-state index contributed by atoms with van der Waals surface area (Å²) in [6.07, 6.45) is 0. The lowest BCUT2D eigenvalue weighted by Crippen LogP contribution is -2.38. The van der Waals surface area contributed by atoms with Gasteiger partial charge in [-0.2, -0.15) is 0 Å². The molecular formula is C24H26N2O5S. The lowest BCUT2D eigenvalue weighted by molar-refractivity contribution is -0.114. The molecule has 3 aromatic carbocycles. The van der Waals surface area contributed by atoms with E-state index in [1.807, 2.05) is 26.0 Å². The van der Waals surface area contributed by atoms with Crippen LogP contribution in [0.1, 0.15) is 11.1 Å². The Hall–Kier alpha value is -3.52. The van der Waals surface area contributed by atoms with Gasteiger partial charge in [0.25, 0.3) is 10.0 Å². The molecule has 168 valence electrons. The molecule has 0 bridgehead atoms. The number of sulfonamides is 1. The average molecular weight is 455 g/mol. The molecule has 0 fully saturated rings. The quantitative estimate of drug-likeness (QED) is 0.553. The van der Waals surface area contributed by atoms with Gasteiger partial charge in [0, 0.05) is 6.07 Å². The third-order valence-electron chi connectivity index (χ3n) is 4.93. The second-order valence-electron chi connectivity index (χ2n) is 7.23. The molecule has 0 aliphatic carbocycles. The van der Waals surface area contributed by atoms with Crippen LogP contribution in [0.25, 0.3) is 0 Å². The molecular weight excluding hydrogens is 428 g/mol. The zero-order valence-corrected chi connectivity index (χ0v) is 19.3. The molecule has 0 radical (unpaired) electrons. The van der Waals surface area contributed by atoms with Gasteiger partial charge in [-0.3, -0.25) is 9.10 Å². The second kappa shape index (κ2) is 9.74. The predicted octanol–water partition coefficient (Wildman–Crippen LogP) is 4.15. The van der Waals surface area contributed by atoms with Crippen molar-refractivity contribution in [2.45, 2.75) is 18.7 Å². The van der Waals surface area contributed by atoms with Crippen LogP contribution < -0.4 is 19.1 Å². The van der Waals surface area contributed by atoms with Crippen LogP contribution in [-0.4, -0.2) is 35.1 Å². The lowest BCUT2D eigenvalue weighted by atomic mass is 10.1. The fourth-order valence-electron chi connectivity index (χ4n) is 3.23. The first-order valence-electron chi connectivity index (χ1n) is 9.93. The van der Waals surface area contributed by atoms with Gasteiger partial charge in [0.2, 0.25) is 5.91 Å². The molecule has 3 aromatic rings. The average Bonchev–Trinajstić information content (AvgIpc) is 2.80. The zero-order chi connectivity index (χ0) is 23.3. The van der Waals surface area contributed by atoms with Gasteiger partial charge in [0.05, 0.1) is 30.5 Å². The van der Waals surface area contributed by atoms with E-state index in [0.717, 1.165) is 15.4 Å². The molecule has 8 heteroatoms. The Kier molecular flexibility index (Phi) is 7.05. The SMILES string of the molecule is COc1ccc(NC(=O)CN(c2cc(C)ccc2C)S(=O)(=O)c2ccccc2)c(OC)c1. The van der Waals surface area contributed by atoms with Gasteiger partial charge >= 0.3 is 0 Å². The first kappa shape index (κ1) is 23.1. The Morgan fingerprint density at radius 2 is 1.66 bits per heavy atom. The highest BCUT2D eigenvalue weighted by Gasteiger charge is 2.28. The van der Waals surface area contributed by atoms with Crippen LogP contribution in [0.5, 0.6) is 11.5 Å². The number of hydrogen-bond donors (Lipinski definition) is 1. The molecule has 0 saturated heterocycles. The van der Waals surface area contributed by atoms with Gasteiger partial charge in [0.15, 0.2) is 0 Å². The van der Waals surface area contributed by atoms with Crippen LogP contribution in [-0.2, 0) is 14.8 Å². The summed E-state index contributed by atoms with van der Waals surface area (Å²) >= 11 is 0. The van der Waals surface area contributed by atoms with Gasteiger partial charge in [-0.25, -0.2) is 8.42 Å². The van der Waals surface area contributed by atoms with Crippen molar-refractivity contribution >= 4 is 27.3 Å². The minimum atomic E-state index is -3.99. The van der Waals surface area contributed by atoms with Crippen LogP contribution in [0.2, 0.25) is 0 Å². The van der Waals surface area contributed by atoms with Crippen LogP contribution in [0, 0.1) is 13.8 Å². The predicted molar refractivity (Wildman–Crippen MR) is 125 cm³/mol. The zero-order valence-electron chi connectivity index (χ0n) is 18.5. The molecule has 3 rings (SSSR count). The summed E-state index contributed by atoms with van der Waals surface area (Å²) in [5, 5.41) is 2.75. The maximum atomic E-state index is 13.5. The number of nitrogens with zero attached hydrogens (tertiary/aromatic N) is 1. The number of rotatable bonds is 8. The number of ether oxygens (including phenoxy) is 2. The fraction of sp³-hybridized carbons (Fsp3) is 0.208. The van der Waals surface area contributed by atoms with Crippen molar-refractivity contribution in [1.29, 1.82) is 0 Å². The molecule has 32 heavy (non-hydrogen) atoms. The van der Waals surface area contributed by atoms with E-state index in [-0.39, 0.29) is 4.90 Å². The van der Waals surface area contributed by atoms with Crippen LogP contribution in [0.4, 0.5) is 11.4 Å². The standard InChI is InChI=1S/C24H26N2O5S/c1-17-10-11-18(2)22(14-17)26(32(28,29)20-8-6-5-7-9-20)16-24(27)25-21-13-12-19(30-3)15-23(21)31-4/h5-15H,16H2,1-4H3,(H,25,27). The number of anilines is 2. The molecule has 0 aliphatic rings. The molecule has 0 unspecified atom stereocenters. The van der Waals surface area contributed by atoms with Gasteiger partial charge in [-0.15, -0.1) is 0 Å². The van der Waals surface area contributed by atoms with Gasteiger partial charge < -0.3 is 14.8 Å². The highest BCUT2D eigenvalue weighted by Crippen LogP contribution is 2.30. The molecule has 1 N–H and O–H groups in total. The summed E-state index contributed by atoms with van der Waals surface area (Å²) in [6, 6.07) is 18.5. The summed E-state index contributed by atoms with van der Waals surface area (Å²) in [5.41, 5.74) is 2.49. The van der Waals surface area contributed by atoms with E-state index in [4.69, 9.17) is 9.47 Å². The minimum Gasteiger partial charge on any atom is -0.497 e. The fourth-order valence-corrected chi connectivity index (χ4v) is 4.73. The third-order valence-corrected chi connectivity index (χ3v) is 6.71. The van der Waals surface area contributed by atoms with Gasteiger partial charge in [-0.05, 0) is 55.3 Å².